The first kappa shape index (κ1) is 15.8. The Labute approximate surface area is 127 Å². The fourth-order valence-corrected chi connectivity index (χ4v) is 2.84. The number of hydrogen-bond donors (Lipinski definition) is 2. The van der Waals surface area contributed by atoms with Crippen LogP contribution >= 0.6 is 0 Å². The summed E-state index contributed by atoms with van der Waals surface area (Å²) in [5, 5.41) is 6.39. The predicted octanol–water partition coefficient (Wildman–Crippen LogP) is 2.25. The van der Waals surface area contributed by atoms with Crippen LogP contribution in [0.2, 0.25) is 0 Å². The van der Waals surface area contributed by atoms with Gasteiger partial charge in [0.25, 0.3) is 0 Å². The van der Waals surface area contributed by atoms with Crippen molar-refractivity contribution < 1.29 is 4.79 Å². The molecule has 1 aliphatic heterocycles. The number of amides is 1. The van der Waals surface area contributed by atoms with E-state index in [1.54, 1.807) is 0 Å². The van der Waals surface area contributed by atoms with Crippen LogP contribution in [0, 0.1) is 0 Å². The van der Waals surface area contributed by atoms with Gasteiger partial charge in [-0.2, -0.15) is 0 Å². The molecule has 0 radical (unpaired) electrons. The molecule has 0 saturated carbocycles. The van der Waals surface area contributed by atoms with Gasteiger partial charge < -0.3 is 15.5 Å². The van der Waals surface area contributed by atoms with Gasteiger partial charge in [0.1, 0.15) is 0 Å². The normalized spacial score (nSPS) is 14.9. The van der Waals surface area contributed by atoms with Crippen molar-refractivity contribution in [2.45, 2.75) is 39.7 Å². The van der Waals surface area contributed by atoms with Crippen molar-refractivity contribution in [2.75, 3.05) is 31.1 Å². The second-order valence-electron chi connectivity index (χ2n) is 5.69. The average molecular weight is 289 g/mol. The van der Waals surface area contributed by atoms with E-state index in [-0.39, 0.29) is 5.91 Å². The van der Waals surface area contributed by atoms with Gasteiger partial charge >= 0.3 is 0 Å². The number of carbonyl (C=O) groups excluding carboxylic acids is 1. The third kappa shape index (κ3) is 3.97. The zero-order valence-electron chi connectivity index (χ0n) is 13.4. The lowest BCUT2D eigenvalue weighted by molar-refractivity contribution is -0.119. The summed E-state index contributed by atoms with van der Waals surface area (Å²) in [7, 11) is 0. The van der Waals surface area contributed by atoms with Crippen LogP contribution in [0.4, 0.5) is 5.69 Å². The van der Waals surface area contributed by atoms with E-state index in [1.807, 2.05) is 0 Å². The Morgan fingerprint density at radius 1 is 1.38 bits per heavy atom. The molecule has 4 heteroatoms. The summed E-state index contributed by atoms with van der Waals surface area (Å²) in [5.74, 6) is 0.120. The van der Waals surface area contributed by atoms with Crippen LogP contribution in [0.1, 0.15) is 44.4 Å². The van der Waals surface area contributed by atoms with E-state index >= 15 is 0 Å². The van der Waals surface area contributed by atoms with Crippen LogP contribution in [0.5, 0.6) is 0 Å². The Balaban J connectivity index is 2.02. The molecule has 1 aromatic carbocycles. The molecule has 0 aromatic heterocycles. The van der Waals surface area contributed by atoms with Crippen LogP contribution < -0.4 is 15.5 Å². The maximum absolute atomic E-state index is 11.9. The van der Waals surface area contributed by atoms with E-state index < -0.39 is 0 Å². The predicted molar refractivity (Wildman–Crippen MR) is 87.8 cm³/mol. The molecule has 2 rings (SSSR count). The van der Waals surface area contributed by atoms with Gasteiger partial charge in [-0.25, -0.2) is 0 Å². The highest BCUT2D eigenvalue weighted by Crippen LogP contribution is 2.30. The highest BCUT2D eigenvalue weighted by Gasteiger charge is 2.21. The summed E-state index contributed by atoms with van der Waals surface area (Å²) in [4.78, 5) is 14.0. The zero-order chi connectivity index (χ0) is 15.2. The van der Waals surface area contributed by atoms with Gasteiger partial charge in [-0.15, -0.1) is 0 Å². The first-order valence-corrected chi connectivity index (χ1v) is 8.03. The third-order valence-electron chi connectivity index (χ3n) is 4.01. The number of carbonyl (C=O) groups is 1. The molecule has 0 bridgehead atoms. The van der Waals surface area contributed by atoms with E-state index in [4.69, 9.17) is 0 Å². The quantitative estimate of drug-likeness (QED) is 0.809. The molecule has 0 spiro atoms. The van der Waals surface area contributed by atoms with E-state index in [2.05, 4.69) is 54.5 Å². The van der Waals surface area contributed by atoms with E-state index in [0.717, 1.165) is 32.5 Å². The highest BCUT2D eigenvalue weighted by molar-refractivity contribution is 5.82. The molecule has 116 valence electrons. The number of hydrogen-bond acceptors (Lipinski definition) is 3. The summed E-state index contributed by atoms with van der Waals surface area (Å²) in [6.45, 7) is 9.53. The highest BCUT2D eigenvalue weighted by atomic mass is 16.2. The minimum absolute atomic E-state index is 0.120. The molecule has 1 aromatic rings. The summed E-state index contributed by atoms with van der Waals surface area (Å²) < 4.78 is 0. The maximum Gasteiger partial charge on any atom is 0.239 e. The number of fused-ring (bicyclic) bond motifs is 1. The van der Waals surface area contributed by atoms with E-state index in [0.29, 0.717) is 12.6 Å². The molecule has 0 saturated heterocycles. The van der Waals surface area contributed by atoms with Crippen molar-refractivity contribution in [3.63, 3.8) is 0 Å². The minimum atomic E-state index is 0.120. The fraction of sp³-hybridized carbons (Fsp3) is 0.588. The molecule has 1 amide bonds. The maximum atomic E-state index is 11.9. The molecular weight excluding hydrogens is 262 g/mol. The topological polar surface area (TPSA) is 44.4 Å². The van der Waals surface area contributed by atoms with Crippen LogP contribution in [0.25, 0.3) is 0 Å². The number of anilines is 1. The van der Waals surface area contributed by atoms with Gasteiger partial charge in [-0.3, -0.25) is 4.79 Å². The van der Waals surface area contributed by atoms with Crippen molar-refractivity contribution in [2.24, 2.45) is 0 Å². The van der Waals surface area contributed by atoms with Crippen molar-refractivity contribution in [3.05, 3.63) is 29.3 Å². The first-order chi connectivity index (χ1) is 10.2. The number of nitrogens with one attached hydrogen (secondary N) is 2. The van der Waals surface area contributed by atoms with E-state index in [9.17, 15) is 4.79 Å². The summed E-state index contributed by atoms with van der Waals surface area (Å²) >= 11 is 0. The van der Waals surface area contributed by atoms with Gasteiger partial charge in [-0.05, 0) is 43.5 Å². The molecule has 1 unspecified atom stereocenters. The van der Waals surface area contributed by atoms with Crippen molar-refractivity contribution in [1.82, 2.24) is 10.6 Å². The summed E-state index contributed by atoms with van der Waals surface area (Å²) in [6.07, 6.45) is 2.01. The van der Waals surface area contributed by atoms with E-state index in [1.165, 1.54) is 16.8 Å². The van der Waals surface area contributed by atoms with Crippen molar-refractivity contribution in [3.8, 4) is 0 Å². The lowest BCUT2D eigenvalue weighted by Gasteiger charge is -2.20. The summed E-state index contributed by atoms with van der Waals surface area (Å²) in [6, 6.07) is 7.00. The Hall–Kier alpha value is -1.55. The van der Waals surface area contributed by atoms with Crippen LogP contribution in [0.15, 0.2) is 18.2 Å². The standard InChI is InChI=1S/C17H27N3O/c1-4-9-19-17(21)12-20-10-8-15-11-14(6-7-16(15)20)13(3)18-5-2/h6-7,11,13,18H,4-5,8-10,12H2,1-3H3,(H,19,21). The minimum Gasteiger partial charge on any atom is -0.362 e. The number of nitrogens with zero attached hydrogens (tertiary/aromatic N) is 1. The average Bonchev–Trinajstić information content (AvgIpc) is 2.87. The smallest absolute Gasteiger partial charge is 0.239 e. The number of benzene rings is 1. The Bertz CT molecular complexity index is 487. The second kappa shape index (κ2) is 7.46. The molecule has 0 fully saturated rings. The molecule has 1 atom stereocenters. The molecular formula is C17H27N3O. The lowest BCUT2D eigenvalue weighted by Crippen LogP contribution is -2.36. The Morgan fingerprint density at radius 2 is 2.19 bits per heavy atom. The molecule has 1 aliphatic rings. The van der Waals surface area contributed by atoms with Crippen LogP contribution in [0.3, 0.4) is 0 Å². The zero-order valence-corrected chi connectivity index (χ0v) is 13.4. The van der Waals surface area contributed by atoms with Crippen LogP contribution in [-0.4, -0.2) is 32.1 Å². The van der Waals surface area contributed by atoms with Gasteiger partial charge in [-0.1, -0.05) is 26.0 Å². The van der Waals surface area contributed by atoms with Gasteiger partial charge in [0, 0.05) is 24.8 Å². The van der Waals surface area contributed by atoms with Crippen molar-refractivity contribution >= 4 is 11.6 Å². The second-order valence-corrected chi connectivity index (χ2v) is 5.69. The third-order valence-corrected chi connectivity index (χ3v) is 4.01. The Kier molecular flexibility index (Phi) is 5.62. The number of rotatable bonds is 7. The monoisotopic (exact) mass is 289 g/mol. The molecule has 0 aliphatic carbocycles. The molecule has 2 N–H and O–H groups in total. The lowest BCUT2D eigenvalue weighted by atomic mass is 10.0. The van der Waals surface area contributed by atoms with Crippen molar-refractivity contribution in [1.29, 1.82) is 0 Å². The molecule has 4 nitrogen and oxygen atoms in total. The fourth-order valence-electron chi connectivity index (χ4n) is 2.84. The van der Waals surface area contributed by atoms with Gasteiger partial charge in [0.2, 0.25) is 5.91 Å². The first-order valence-electron chi connectivity index (χ1n) is 8.03. The Morgan fingerprint density at radius 3 is 2.90 bits per heavy atom. The SMILES string of the molecule is CCCNC(=O)CN1CCc2cc(C(C)NCC)ccc21. The molecule has 21 heavy (non-hydrogen) atoms. The van der Waals surface area contributed by atoms with Gasteiger partial charge in [0.05, 0.1) is 6.54 Å². The summed E-state index contributed by atoms with van der Waals surface area (Å²) in [5.41, 5.74) is 3.91. The van der Waals surface area contributed by atoms with Gasteiger partial charge in [0.15, 0.2) is 0 Å². The largest absolute Gasteiger partial charge is 0.362 e. The molecule has 1 heterocycles. The van der Waals surface area contributed by atoms with Crippen LogP contribution in [-0.2, 0) is 11.2 Å².